The molecule has 6 heteroatoms. The fourth-order valence-corrected chi connectivity index (χ4v) is 2.86. The predicted octanol–water partition coefficient (Wildman–Crippen LogP) is 2.36. The van der Waals surface area contributed by atoms with Crippen molar-refractivity contribution in [3.8, 4) is 17.2 Å². The number of ketones is 1. The first-order valence-electron chi connectivity index (χ1n) is 7.35. The van der Waals surface area contributed by atoms with Crippen LogP contribution in [0.2, 0.25) is 0 Å². The van der Waals surface area contributed by atoms with Crippen LogP contribution in [0.5, 0.6) is 17.2 Å². The van der Waals surface area contributed by atoms with Crippen molar-refractivity contribution in [2.75, 3.05) is 21.3 Å². The highest BCUT2D eigenvalue weighted by Gasteiger charge is 2.55. The summed E-state index contributed by atoms with van der Waals surface area (Å²) in [5.41, 5.74) is 0.786. The van der Waals surface area contributed by atoms with Gasteiger partial charge in [0, 0.05) is 19.2 Å². The number of rotatable bonds is 5. The van der Waals surface area contributed by atoms with Crippen LogP contribution in [0.3, 0.4) is 0 Å². The van der Waals surface area contributed by atoms with Crippen LogP contribution in [0, 0.1) is 0 Å². The van der Waals surface area contributed by atoms with Crippen molar-refractivity contribution in [1.82, 2.24) is 0 Å². The third-order valence-corrected chi connectivity index (χ3v) is 4.01. The van der Waals surface area contributed by atoms with E-state index in [2.05, 4.69) is 0 Å². The molecule has 3 rings (SSSR count). The van der Waals surface area contributed by atoms with E-state index in [-0.39, 0.29) is 17.1 Å². The van der Waals surface area contributed by atoms with E-state index in [9.17, 15) is 9.90 Å². The van der Waals surface area contributed by atoms with Crippen molar-refractivity contribution in [2.24, 2.45) is 0 Å². The number of Topliss-reactive ketones (excluding diaryl/α,β-unsaturated/α-hetero) is 1. The maximum Gasteiger partial charge on any atom is 0.304 e. The number of hydrogen-bond acceptors (Lipinski definition) is 6. The number of carbonyl (C=O) groups is 1. The molecule has 6 nitrogen and oxygen atoms in total. The van der Waals surface area contributed by atoms with Crippen LogP contribution in [0.15, 0.2) is 42.5 Å². The molecule has 1 heterocycles. The second-order valence-electron chi connectivity index (χ2n) is 5.36. The van der Waals surface area contributed by atoms with Crippen LogP contribution in [0.4, 0.5) is 0 Å². The zero-order valence-electron chi connectivity index (χ0n) is 13.6. The van der Waals surface area contributed by atoms with E-state index >= 15 is 0 Å². The Labute approximate surface area is 139 Å². The van der Waals surface area contributed by atoms with Gasteiger partial charge in [-0.1, -0.05) is 30.3 Å². The Balaban J connectivity index is 2.08. The van der Waals surface area contributed by atoms with E-state index in [1.54, 1.807) is 30.3 Å². The smallest absolute Gasteiger partial charge is 0.304 e. The molecular weight excluding hydrogens is 312 g/mol. The van der Waals surface area contributed by atoms with Crippen molar-refractivity contribution < 1.29 is 28.8 Å². The average molecular weight is 330 g/mol. The van der Waals surface area contributed by atoms with Crippen molar-refractivity contribution in [2.45, 2.75) is 11.9 Å². The van der Waals surface area contributed by atoms with Crippen molar-refractivity contribution >= 4 is 5.78 Å². The maximum absolute atomic E-state index is 12.9. The summed E-state index contributed by atoms with van der Waals surface area (Å²) in [6.07, 6.45) is -0.991. The third kappa shape index (κ3) is 2.40. The Kier molecular flexibility index (Phi) is 4.17. The monoisotopic (exact) mass is 330 g/mol. The second kappa shape index (κ2) is 6.14. The lowest BCUT2D eigenvalue weighted by Crippen LogP contribution is -2.46. The molecule has 0 aliphatic carbocycles. The van der Waals surface area contributed by atoms with Crippen molar-refractivity contribution in [3.05, 3.63) is 53.6 Å². The highest BCUT2D eigenvalue weighted by Crippen LogP contribution is 2.47. The molecule has 2 aromatic rings. The van der Waals surface area contributed by atoms with Crippen LogP contribution in [-0.4, -0.2) is 38.0 Å². The van der Waals surface area contributed by atoms with Crippen LogP contribution >= 0.6 is 0 Å². The van der Waals surface area contributed by atoms with Gasteiger partial charge in [-0.25, -0.2) is 0 Å². The van der Waals surface area contributed by atoms with Crippen molar-refractivity contribution in [1.29, 1.82) is 0 Å². The van der Waals surface area contributed by atoms with E-state index < -0.39 is 17.7 Å². The Bertz CT molecular complexity index is 758. The van der Waals surface area contributed by atoms with Gasteiger partial charge in [0.1, 0.15) is 22.8 Å². The quantitative estimate of drug-likeness (QED) is 0.907. The highest BCUT2D eigenvalue weighted by atomic mass is 16.7. The van der Waals surface area contributed by atoms with Gasteiger partial charge >= 0.3 is 5.79 Å². The zero-order valence-corrected chi connectivity index (χ0v) is 13.6. The first kappa shape index (κ1) is 16.3. The number of fused-ring (bicyclic) bond motifs is 1. The highest BCUT2D eigenvalue weighted by molar-refractivity contribution is 6.09. The Morgan fingerprint density at radius 2 is 1.79 bits per heavy atom. The molecule has 0 bridgehead atoms. The van der Waals surface area contributed by atoms with Gasteiger partial charge in [-0.15, -0.1) is 0 Å². The largest absolute Gasteiger partial charge is 0.496 e. The fourth-order valence-electron chi connectivity index (χ4n) is 2.86. The summed E-state index contributed by atoms with van der Waals surface area (Å²) >= 11 is 0. The van der Waals surface area contributed by atoms with E-state index in [0.29, 0.717) is 11.3 Å². The maximum atomic E-state index is 12.9. The number of hydrogen-bond donors (Lipinski definition) is 1. The summed E-state index contributed by atoms with van der Waals surface area (Å²) in [7, 11) is 4.34. The van der Waals surface area contributed by atoms with Gasteiger partial charge < -0.3 is 24.1 Å². The van der Waals surface area contributed by atoms with Gasteiger partial charge in [-0.05, 0) is 5.56 Å². The van der Waals surface area contributed by atoms with E-state index in [1.807, 2.05) is 6.07 Å². The molecule has 2 atom stereocenters. The molecule has 0 unspecified atom stereocenters. The zero-order chi connectivity index (χ0) is 17.3. The molecule has 2 aromatic carbocycles. The third-order valence-electron chi connectivity index (χ3n) is 4.01. The molecule has 1 aliphatic heterocycles. The minimum absolute atomic E-state index is 0.166. The molecule has 0 saturated heterocycles. The molecule has 0 fully saturated rings. The van der Waals surface area contributed by atoms with Crippen LogP contribution in [-0.2, 0) is 4.74 Å². The van der Waals surface area contributed by atoms with Gasteiger partial charge in [0.25, 0.3) is 0 Å². The summed E-state index contributed by atoms with van der Waals surface area (Å²) in [5.74, 6) is -1.88. The minimum Gasteiger partial charge on any atom is -0.496 e. The number of aliphatic hydroxyl groups is 1. The summed E-state index contributed by atoms with van der Waals surface area (Å²) in [4.78, 5) is 12.9. The van der Waals surface area contributed by atoms with E-state index in [1.165, 1.54) is 27.4 Å². The lowest BCUT2D eigenvalue weighted by molar-refractivity contribution is -0.173. The molecule has 0 amide bonds. The summed E-state index contributed by atoms with van der Waals surface area (Å²) in [6, 6.07) is 12.0. The molecule has 126 valence electrons. The van der Waals surface area contributed by atoms with Gasteiger partial charge in [0.2, 0.25) is 5.78 Å². The van der Waals surface area contributed by atoms with Gasteiger partial charge in [0.15, 0.2) is 6.10 Å². The predicted molar refractivity (Wildman–Crippen MR) is 85.6 cm³/mol. The van der Waals surface area contributed by atoms with E-state index in [0.717, 1.165) is 0 Å². The SMILES string of the molecule is COc1cc(OC)c2c(c1)O[C@](O)([C@@H](OC)c1ccccc1)C2=O. The first-order chi connectivity index (χ1) is 11.5. The first-order valence-corrected chi connectivity index (χ1v) is 7.35. The number of carbonyl (C=O) groups excluding carboxylic acids is 1. The Hall–Kier alpha value is -2.57. The molecular formula is C18H18O6. The lowest BCUT2D eigenvalue weighted by Gasteiger charge is -2.29. The summed E-state index contributed by atoms with van der Waals surface area (Å²) in [5, 5.41) is 11.0. The van der Waals surface area contributed by atoms with Crippen LogP contribution in [0.1, 0.15) is 22.0 Å². The standard InChI is InChI=1S/C18H18O6/c1-21-12-9-13(22-2)15-14(10-12)24-18(20,16(15)19)17(23-3)11-7-5-4-6-8-11/h4-10,17,20H,1-3H3/t17-,18-/m0/s1. The topological polar surface area (TPSA) is 74.2 Å². The Morgan fingerprint density at radius 1 is 1.08 bits per heavy atom. The fraction of sp³-hybridized carbons (Fsp3) is 0.278. The van der Waals surface area contributed by atoms with E-state index in [4.69, 9.17) is 18.9 Å². The van der Waals surface area contributed by atoms with Crippen molar-refractivity contribution in [3.63, 3.8) is 0 Å². The molecule has 1 aliphatic rings. The minimum atomic E-state index is -2.18. The second-order valence-corrected chi connectivity index (χ2v) is 5.36. The molecule has 0 radical (unpaired) electrons. The Morgan fingerprint density at radius 3 is 2.38 bits per heavy atom. The molecule has 0 aromatic heterocycles. The van der Waals surface area contributed by atoms with Crippen LogP contribution < -0.4 is 14.2 Å². The number of ether oxygens (including phenoxy) is 4. The summed E-state index contributed by atoms with van der Waals surface area (Å²) in [6.45, 7) is 0. The molecule has 24 heavy (non-hydrogen) atoms. The van der Waals surface area contributed by atoms with Gasteiger partial charge in [-0.2, -0.15) is 0 Å². The number of methoxy groups -OCH3 is 3. The molecule has 1 N–H and O–H groups in total. The average Bonchev–Trinajstić information content (AvgIpc) is 2.87. The van der Waals surface area contributed by atoms with Gasteiger partial charge in [0.05, 0.1) is 14.2 Å². The van der Waals surface area contributed by atoms with Crippen LogP contribution in [0.25, 0.3) is 0 Å². The van der Waals surface area contributed by atoms with Gasteiger partial charge in [-0.3, -0.25) is 4.79 Å². The summed E-state index contributed by atoms with van der Waals surface area (Å²) < 4.78 is 21.4. The lowest BCUT2D eigenvalue weighted by atomic mass is 9.95. The normalized spacial score (nSPS) is 20.2. The number of benzene rings is 2. The molecule has 0 spiro atoms. The molecule has 0 saturated carbocycles.